The molecular weight excluding hydrogens is 184 g/mol. The summed E-state index contributed by atoms with van der Waals surface area (Å²) in [5.74, 6) is 1.30. The summed E-state index contributed by atoms with van der Waals surface area (Å²) < 4.78 is 6.15. The lowest BCUT2D eigenvalue weighted by Gasteiger charge is -2.30. The molecule has 0 N–H and O–H groups in total. The maximum Gasteiger partial charge on any atom is 0.0829 e. The van der Waals surface area contributed by atoms with E-state index in [1.54, 1.807) is 0 Å². The fraction of sp³-hybridized carbons (Fsp3) is 0.714. The first-order valence-electron chi connectivity index (χ1n) is 6.02. The summed E-state index contributed by atoms with van der Waals surface area (Å²) in [5, 5.41) is 0. The van der Waals surface area contributed by atoms with Gasteiger partial charge in [0, 0.05) is 5.92 Å². The second kappa shape index (κ2) is 3.79. The summed E-state index contributed by atoms with van der Waals surface area (Å²) in [6.45, 7) is 8.79. The third-order valence-electron chi connectivity index (χ3n) is 3.89. The Labute approximate surface area is 93.2 Å². The molecule has 1 fully saturated rings. The number of ether oxygens (including phenoxy) is 1. The lowest BCUT2D eigenvalue weighted by molar-refractivity contribution is -0.0159. The van der Waals surface area contributed by atoms with E-state index in [4.69, 9.17) is 4.74 Å². The van der Waals surface area contributed by atoms with E-state index in [-0.39, 0.29) is 5.60 Å². The third-order valence-corrected chi connectivity index (χ3v) is 3.89. The Balaban J connectivity index is 2.28. The molecule has 1 aliphatic carbocycles. The van der Waals surface area contributed by atoms with Crippen molar-refractivity contribution in [2.45, 2.75) is 52.2 Å². The average Bonchev–Trinajstić information content (AvgIpc) is 2.39. The third kappa shape index (κ3) is 1.90. The second-order valence-corrected chi connectivity index (χ2v) is 5.45. The first kappa shape index (κ1) is 10.9. The fourth-order valence-electron chi connectivity index (χ4n) is 3.11. The number of hydrogen-bond donors (Lipinski definition) is 0. The van der Waals surface area contributed by atoms with Crippen molar-refractivity contribution in [3.8, 4) is 0 Å². The van der Waals surface area contributed by atoms with Crippen molar-refractivity contribution in [1.29, 1.82) is 0 Å². The highest BCUT2D eigenvalue weighted by Gasteiger charge is 2.47. The van der Waals surface area contributed by atoms with Crippen LogP contribution in [0, 0.1) is 11.8 Å². The summed E-state index contributed by atoms with van der Waals surface area (Å²) in [7, 11) is 0. The standard InChI is InChI=1S/C14H22O/c1-5-6-13-11-9-10(2)7-8-12(11)14(3,4)15-13/h5-6,9,11-13H,7-8H2,1-4H3/b6-5+/t11-,12+,13-/m0/s1. The van der Waals surface area contributed by atoms with Crippen LogP contribution < -0.4 is 0 Å². The zero-order chi connectivity index (χ0) is 11.1. The van der Waals surface area contributed by atoms with Crippen LogP contribution in [0.25, 0.3) is 0 Å². The predicted octanol–water partition coefficient (Wildman–Crippen LogP) is 3.71. The van der Waals surface area contributed by atoms with E-state index in [0.29, 0.717) is 17.9 Å². The predicted molar refractivity (Wildman–Crippen MR) is 63.7 cm³/mol. The molecule has 15 heavy (non-hydrogen) atoms. The van der Waals surface area contributed by atoms with Crippen molar-refractivity contribution in [2.75, 3.05) is 0 Å². The molecule has 0 saturated carbocycles. The topological polar surface area (TPSA) is 9.23 Å². The fourth-order valence-corrected chi connectivity index (χ4v) is 3.11. The normalized spacial score (nSPS) is 39.2. The average molecular weight is 206 g/mol. The molecule has 3 atom stereocenters. The number of fused-ring (bicyclic) bond motifs is 1. The largest absolute Gasteiger partial charge is 0.367 e. The van der Waals surface area contributed by atoms with E-state index in [2.05, 4.69) is 45.9 Å². The van der Waals surface area contributed by atoms with Gasteiger partial charge >= 0.3 is 0 Å². The molecule has 0 aromatic carbocycles. The van der Waals surface area contributed by atoms with Crippen LogP contribution in [0.4, 0.5) is 0 Å². The first-order valence-corrected chi connectivity index (χ1v) is 6.02. The molecule has 1 heteroatoms. The molecule has 0 aromatic heterocycles. The van der Waals surface area contributed by atoms with Gasteiger partial charge in [0.2, 0.25) is 0 Å². The van der Waals surface area contributed by atoms with E-state index in [9.17, 15) is 0 Å². The van der Waals surface area contributed by atoms with Crippen molar-refractivity contribution in [1.82, 2.24) is 0 Å². The molecule has 1 heterocycles. The van der Waals surface area contributed by atoms with Crippen molar-refractivity contribution < 1.29 is 4.74 Å². The smallest absolute Gasteiger partial charge is 0.0829 e. The highest BCUT2D eigenvalue weighted by Crippen LogP contribution is 2.47. The first-order chi connectivity index (χ1) is 7.04. The summed E-state index contributed by atoms with van der Waals surface area (Å²) in [6.07, 6.45) is 9.59. The molecule has 1 saturated heterocycles. The lowest BCUT2D eigenvalue weighted by Crippen LogP contribution is -2.30. The van der Waals surface area contributed by atoms with Gasteiger partial charge in [0.25, 0.3) is 0 Å². The van der Waals surface area contributed by atoms with E-state index >= 15 is 0 Å². The SMILES string of the molecule is C/C=C/[C@@H]1OC(C)(C)[C@@H]2CCC(C)=C[C@H]12. The lowest BCUT2D eigenvalue weighted by atomic mass is 9.73. The van der Waals surface area contributed by atoms with Crippen molar-refractivity contribution >= 4 is 0 Å². The van der Waals surface area contributed by atoms with Crippen LogP contribution in [-0.4, -0.2) is 11.7 Å². The number of hydrogen-bond acceptors (Lipinski definition) is 1. The van der Waals surface area contributed by atoms with Crippen molar-refractivity contribution in [3.63, 3.8) is 0 Å². The molecule has 1 aliphatic heterocycles. The van der Waals surface area contributed by atoms with Gasteiger partial charge < -0.3 is 4.74 Å². The summed E-state index contributed by atoms with van der Waals surface area (Å²) >= 11 is 0. The molecule has 0 aromatic rings. The Morgan fingerprint density at radius 3 is 2.87 bits per heavy atom. The minimum Gasteiger partial charge on any atom is -0.367 e. The van der Waals surface area contributed by atoms with Gasteiger partial charge in [-0.3, -0.25) is 0 Å². The zero-order valence-electron chi connectivity index (χ0n) is 10.3. The highest BCUT2D eigenvalue weighted by atomic mass is 16.5. The molecule has 0 amide bonds. The molecule has 0 unspecified atom stereocenters. The Hall–Kier alpha value is -0.560. The molecule has 2 aliphatic rings. The molecule has 0 radical (unpaired) electrons. The van der Waals surface area contributed by atoms with Crippen LogP contribution in [0.1, 0.15) is 40.5 Å². The molecule has 0 spiro atoms. The van der Waals surface area contributed by atoms with E-state index in [1.165, 1.54) is 18.4 Å². The Morgan fingerprint density at radius 1 is 1.47 bits per heavy atom. The number of rotatable bonds is 1. The minimum atomic E-state index is 0.0477. The quantitative estimate of drug-likeness (QED) is 0.594. The van der Waals surface area contributed by atoms with Gasteiger partial charge in [-0.25, -0.2) is 0 Å². The Bertz CT molecular complexity index is 298. The van der Waals surface area contributed by atoms with Crippen LogP contribution in [0.15, 0.2) is 23.8 Å². The van der Waals surface area contributed by atoms with Gasteiger partial charge in [0.15, 0.2) is 0 Å². The Kier molecular flexibility index (Phi) is 2.76. The van der Waals surface area contributed by atoms with Crippen LogP contribution in [0.3, 0.4) is 0 Å². The van der Waals surface area contributed by atoms with E-state index in [1.807, 2.05) is 0 Å². The molecule has 0 bridgehead atoms. The zero-order valence-corrected chi connectivity index (χ0v) is 10.3. The van der Waals surface area contributed by atoms with Gasteiger partial charge in [-0.05, 0) is 46.5 Å². The monoisotopic (exact) mass is 206 g/mol. The maximum absolute atomic E-state index is 6.15. The van der Waals surface area contributed by atoms with Gasteiger partial charge in [-0.2, -0.15) is 0 Å². The van der Waals surface area contributed by atoms with Gasteiger partial charge in [0.05, 0.1) is 11.7 Å². The van der Waals surface area contributed by atoms with Gasteiger partial charge in [0.1, 0.15) is 0 Å². The summed E-state index contributed by atoms with van der Waals surface area (Å²) in [6, 6.07) is 0. The molecule has 84 valence electrons. The summed E-state index contributed by atoms with van der Waals surface area (Å²) in [5.41, 5.74) is 1.58. The van der Waals surface area contributed by atoms with Crippen molar-refractivity contribution in [2.24, 2.45) is 11.8 Å². The molecule has 2 rings (SSSR count). The highest BCUT2D eigenvalue weighted by molar-refractivity contribution is 5.17. The van der Waals surface area contributed by atoms with Gasteiger partial charge in [-0.15, -0.1) is 0 Å². The van der Waals surface area contributed by atoms with Crippen LogP contribution >= 0.6 is 0 Å². The van der Waals surface area contributed by atoms with E-state index in [0.717, 1.165) is 0 Å². The Morgan fingerprint density at radius 2 is 2.20 bits per heavy atom. The second-order valence-electron chi connectivity index (χ2n) is 5.45. The molecule has 1 nitrogen and oxygen atoms in total. The van der Waals surface area contributed by atoms with Crippen LogP contribution in [0.2, 0.25) is 0 Å². The summed E-state index contributed by atoms with van der Waals surface area (Å²) in [4.78, 5) is 0. The van der Waals surface area contributed by atoms with Crippen LogP contribution in [0.5, 0.6) is 0 Å². The van der Waals surface area contributed by atoms with E-state index < -0.39 is 0 Å². The maximum atomic E-state index is 6.15. The van der Waals surface area contributed by atoms with Crippen molar-refractivity contribution in [3.05, 3.63) is 23.8 Å². The molecular formula is C14H22O. The van der Waals surface area contributed by atoms with Gasteiger partial charge in [-0.1, -0.05) is 23.8 Å². The van der Waals surface area contributed by atoms with Crippen LogP contribution in [-0.2, 0) is 4.74 Å². The minimum absolute atomic E-state index is 0.0477. The number of allylic oxidation sites excluding steroid dienone is 2.